The summed E-state index contributed by atoms with van der Waals surface area (Å²) in [5, 5.41) is 8.45. The van der Waals surface area contributed by atoms with Gasteiger partial charge >= 0.3 is 5.97 Å². The summed E-state index contributed by atoms with van der Waals surface area (Å²) in [4.78, 5) is 10.3. The Balaban J connectivity index is 4.34. The predicted octanol–water partition coefficient (Wildman–Crippen LogP) is 0.308. The summed E-state index contributed by atoms with van der Waals surface area (Å²) >= 11 is 0. The van der Waals surface area contributed by atoms with Crippen LogP contribution in [0.5, 0.6) is 0 Å². The highest BCUT2D eigenvalue weighted by atomic mass is 32.2. The lowest BCUT2D eigenvalue weighted by atomic mass is 10.1. The molecule has 1 atom stereocenters. The molecule has 0 heterocycles. The van der Waals surface area contributed by atoms with Crippen molar-refractivity contribution in [3.63, 3.8) is 0 Å². The van der Waals surface area contributed by atoms with Crippen molar-refractivity contribution in [1.82, 2.24) is 0 Å². The topological polar surface area (TPSA) is 71.4 Å². The van der Waals surface area contributed by atoms with Crippen LogP contribution in [0.1, 0.15) is 6.92 Å². The first-order chi connectivity index (χ1) is 5.24. The maximum atomic E-state index is 10.7. The van der Waals surface area contributed by atoms with Crippen LogP contribution in [-0.4, -0.2) is 31.5 Å². The molecule has 70 valence electrons. The van der Waals surface area contributed by atoms with Gasteiger partial charge in [0.15, 0.2) is 0 Å². The van der Waals surface area contributed by atoms with Gasteiger partial charge in [0, 0.05) is 17.7 Å². The zero-order chi connectivity index (χ0) is 9.94. The number of carbonyl (C=O) groups is 1. The number of hydrogen-bond acceptors (Lipinski definition) is 3. The third-order valence-corrected chi connectivity index (χ3v) is 2.53. The molecule has 0 aliphatic rings. The van der Waals surface area contributed by atoms with E-state index in [1.165, 1.54) is 6.92 Å². The van der Waals surface area contributed by atoms with Crippen LogP contribution in [0.4, 0.5) is 0 Å². The lowest BCUT2D eigenvalue weighted by molar-refractivity contribution is -0.133. The van der Waals surface area contributed by atoms with Gasteiger partial charge in [-0.05, 0) is 0 Å². The smallest absolute Gasteiger partial charge is 0.331 e. The molecule has 0 aromatic rings. The van der Waals surface area contributed by atoms with E-state index >= 15 is 0 Å². The third-order valence-electron chi connectivity index (χ3n) is 1.42. The molecule has 0 aromatic carbocycles. The van der Waals surface area contributed by atoms with E-state index in [9.17, 15) is 13.2 Å². The summed E-state index contributed by atoms with van der Waals surface area (Å²) < 4.78 is 21.5. The van der Waals surface area contributed by atoms with Crippen LogP contribution in [-0.2, 0) is 14.6 Å². The molecule has 0 radical (unpaired) electrons. The molecule has 1 unspecified atom stereocenters. The Kier molecular flexibility index (Phi) is 3.45. The predicted molar refractivity (Wildman–Crippen MR) is 45.7 cm³/mol. The molecule has 0 saturated heterocycles. The number of hydrogen-bond donors (Lipinski definition) is 1. The molecule has 0 fully saturated rings. The fourth-order valence-electron chi connectivity index (χ4n) is 0.766. The number of aliphatic carboxylic acids is 1. The van der Waals surface area contributed by atoms with Gasteiger partial charge in [-0.25, -0.2) is 13.2 Å². The number of carboxylic acids is 1. The lowest BCUT2D eigenvalue weighted by Gasteiger charge is -2.08. The Hall–Kier alpha value is -0.840. The first-order valence-electron chi connectivity index (χ1n) is 3.34. The van der Waals surface area contributed by atoms with Crippen molar-refractivity contribution < 1.29 is 18.3 Å². The first kappa shape index (κ1) is 11.2. The third kappa shape index (κ3) is 4.12. The Morgan fingerprint density at radius 3 is 2.25 bits per heavy atom. The van der Waals surface area contributed by atoms with E-state index in [1.54, 1.807) is 0 Å². The van der Waals surface area contributed by atoms with Crippen LogP contribution in [0.2, 0.25) is 0 Å². The van der Waals surface area contributed by atoms with Crippen molar-refractivity contribution in [1.29, 1.82) is 0 Å². The van der Waals surface area contributed by atoms with E-state index < -0.39 is 21.7 Å². The molecule has 0 aliphatic carbocycles. The van der Waals surface area contributed by atoms with Gasteiger partial charge < -0.3 is 5.11 Å². The van der Waals surface area contributed by atoms with Crippen molar-refractivity contribution in [3.05, 3.63) is 12.2 Å². The lowest BCUT2D eigenvalue weighted by Crippen LogP contribution is -2.17. The minimum absolute atomic E-state index is 0.0691. The highest BCUT2D eigenvalue weighted by molar-refractivity contribution is 7.90. The van der Waals surface area contributed by atoms with E-state index in [0.29, 0.717) is 0 Å². The second-order valence-electron chi connectivity index (χ2n) is 2.82. The first-order valence-corrected chi connectivity index (χ1v) is 5.40. The zero-order valence-electron chi connectivity index (χ0n) is 7.07. The highest BCUT2D eigenvalue weighted by Gasteiger charge is 2.17. The maximum Gasteiger partial charge on any atom is 0.331 e. The van der Waals surface area contributed by atoms with Gasteiger partial charge in [0.25, 0.3) is 0 Å². The van der Waals surface area contributed by atoms with Crippen molar-refractivity contribution in [2.24, 2.45) is 5.92 Å². The summed E-state index contributed by atoms with van der Waals surface area (Å²) in [7, 11) is -3.13. The molecule has 12 heavy (non-hydrogen) atoms. The van der Waals surface area contributed by atoms with E-state index in [1.807, 2.05) is 0 Å². The van der Waals surface area contributed by atoms with Gasteiger partial charge in [-0.15, -0.1) is 0 Å². The van der Waals surface area contributed by atoms with E-state index in [2.05, 4.69) is 6.58 Å². The molecule has 0 bridgehead atoms. The molecule has 5 heteroatoms. The molecule has 0 saturated carbocycles. The van der Waals surface area contributed by atoms with Crippen molar-refractivity contribution in [3.8, 4) is 0 Å². The highest BCUT2D eigenvalue weighted by Crippen LogP contribution is 2.10. The molecule has 4 nitrogen and oxygen atoms in total. The van der Waals surface area contributed by atoms with Crippen molar-refractivity contribution in [2.45, 2.75) is 6.92 Å². The number of sulfone groups is 1. The van der Waals surface area contributed by atoms with Crippen LogP contribution in [0, 0.1) is 5.92 Å². The molecule has 0 spiro atoms. The Bertz CT molecular complexity index is 289. The van der Waals surface area contributed by atoms with Gasteiger partial charge in [0.05, 0.1) is 5.75 Å². The van der Waals surface area contributed by atoms with Crippen LogP contribution < -0.4 is 0 Å². The number of rotatable bonds is 4. The quantitative estimate of drug-likeness (QED) is 0.650. The van der Waals surface area contributed by atoms with Gasteiger partial charge in [0.1, 0.15) is 9.84 Å². The Morgan fingerprint density at radius 2 is 2.00 bits per heavy atom. The number of carboxylic acid groups (broad SMARTS) is 1. The van der Waals surface area contributed by atoms with Crippen LogP contribution >= 0.6 is 0 Å². The average Bonchev–Trinajstić information content (AvgIpc) is 1.82. The van der Waals surface area contributed by atoms with Gasteiger partial charge in [-0.1, -0.05) is 13.5 Å². The largest absolute Gasteiger partial charge is 0.478 e. The molecule has 0 rings (SSSR count). The van der Waals surface area contributed by atoms with Crippen LogP contribution in [0.15, 0.2) is 12.2 Å². The minimum Gasteiger partial charge on any atom is -0.478 e. The summed E-state index contributed by atoms with van der Waals surface area (Å²) in [6.07, 6.45) is 1.07. The summed E-state index contributed by atoms with van der Waals surface area (Å²) in [6, 6.07) is 0. The van der Waals surface area contributed by atoms with Gasteiger partial charge in [0.2, 0.25) is 0 Å². The van der Waals surface area contributed by atoms with Gasteiger partial charge in [-0.3, -0.25) is 0 Å². The summed E-state index contributed by atoms with van der Waals surface area (Å²) in [5.74, 6) is -1.85. The fourth-order valence-corrected chi connectivity index (χ4v) is 1.87. The Labute approximate surface area is 71.8 Å². The molecule has 0 amide bonds. The van der Waals surface area contributed by atoms with E-state index in [4.69, 9.17) is 5.11 Å². The standard InChI is InChI=1S/C7H12O4S/c1-5(4-12(3,10)11)6(2)7(8)9/h5H,2,4H2,1,3H3,(H,8,9). The monoisotopic (exact) mass is 192 g/mol. The average molecular weight is 192 g/mol. The van der Waals surface area contributed by atoms with Crippen LogP contribution in [0.3, 0.4) is 0 Å². The molecular weight excluding hydrogens is 180 g/mol. The fraction of sp³-hybridized carbons (Fsp3) is 0.571. The molecule has 1 N–H and O–H groups in total. The molecule has 0 aliphatic heterocycles. The second-order valence-corrected chi connectivity index (χ2v) is 5.01. The molecule has 0 aromatic heterocycles. The van der Waals surface area contributed by atoms with E-state index in [0.717, 1.165) is 6.26 Å². The van der Waals surface area contributed by atoms with E-state index in [-0.39, 0.29) is 11.3 Å². The van der Waals surface area contributed by atoms with Crippen LogP contribution in [0.25, 0.3) is 0 Å². The van der Waals surface area contributed by atoms with Crippen molar-refractivity contribution >= 4 is 15.8 Å². The maximum absolute atomic E-state index is 10.7. The van der Waals surface area contributed by atoms with Gasteiger partial charge in [-0.2, -0.15) is 0 Å². The zero-order valence-corrected chi connectivity index (χ0v) is 7.89. The molecular formula is C7H12O4S. The Morgan fingerprint density at radius 1 is 1.58 bits per heavy atom. The normalized spacial score (nSPS) is 13.8. The minimum atomic E-state index is -3.13. The second kappa shape index (κ2) is 3.71. The summed E-state index contributed by atoms with van der Waals surface area (Å²) in [5.41, 5.74) is -0.0691. The SMILES string of the molecule is C=C(C(=O)O)C(C)CS(C)(=O)=O. The summed E-state index contributed by atoms with van der Waals surface area (Å²) in [6.45, 7) is 4.80. The van der Waals surface area contributed by atoms with Crippen molar-refractivity contribution in [2.75, 3.05) is 12.0 Å².